The van der Waals surface area contributed by atoms with Crippen LogP contribution in [0, 0.1) is 5.92 Å². The molecule has 0 radical (unpaired) electrons. The van der Waals surface area contributed by atoms with Gasteiger partial charge in [-0.25, -0.2) is 9.59 Å². The normalized spacial score (nSPS) is 16.6. The number of amides is 2. The summed E-state index contributed by atoms with van der Waals surface area (Å²) in [5.74, 6) is -0.423. The fourth-order valence-corrected chi connectivity index (χ4v) is 2.84. The average molecular weight is 348 g/mol. The summed E-state index contributed by atoms with van der Waals surface area (Å²) in [7, 11) is 1.34. The highest BCUT2D eigenvalue weighted by molar-refractivity contribution is 5.83. The number of piperazine rings is 1. The summed E-state index contributed by atoms with van der Waals surface area (Å²) in [6.07, 6.45) is 2.72. The second kappa shape index (κ2) is 9.36. The quantitative estimate of drug-likeness (QED) is 0.781. The molecule has 1 saturated heterocycles. The number of ether oxygens (including phenoxy) is 1. The highest BCUT2D eigenvalue weighted by atomic mass is 16.5. The van der Waals surface area contributed by atoms with Crippen LogP contribution in [0.25, 0.3) is 0 Å². The number of esters is 1. The lowest BCUT2D eigenvalue weighted by molar-refractivity contribution is -0.144. The predicted molar refractivity (Wildman–Crippen MR) is 95.1 cm³/mol. The second-order valence-corrected chi connectivity index (χ2v) is 6.59. The predicted octanol–water partition coefficient (Wildman–Crippen LogP) is 1.15. The minimum Gasteiger partial charge on any atom is -0.467 e. The molecule has 1 atom stereocenters. The lowest BCUT2D eigenvalue weighted by atomic mass is 10.1. The number of carbonyl (C=O) groups excluding carboxylic acids is 2. The van der Waals surface area contributed by atoms with Crippen LogP contribution in [-0.2, 0) is 16.0 Å². The van der Waals surface area contributed by atoms with E-state index in [0.717, 1.165) is 31.7 Å². The number of methoxy groups -OCH3 is 1. The van der Waals surface area contributed by atoms with Gasteiger partial charge in [-0.1, -0.05) is 19.9 Å². The topological polar surface area (TPSA) is 74.8 Å². The molecule has 1 aromatic heterocycles. The molecule has 2 rings (SSSR count). The SMILES string of the molecule is COC(=O)C(NC(=O)N1CCN(CCc2ccccn2)CC1)C(C)C. The van der Waals surface area contributed by atoms with Crippen molar-refractivity contribution in [3.63, 3.8) is 0 Å². The number of hydrogen-bond donors (Lipinski definition) is 1. The zero-order valence-corrected chi connectivity index (χ0v) is 15.3. The monoisotopic (exact) mass is 348 g/mol. The van der Waals surface area contributed by atoms with Crippen LogP contribution in [0.5, 0.6) is 0 Å². The molecular weight excluding hydrogens is 320 g/mol. The first-order valence-corrected chi connectivity index (χ1v) is 8.76. The van der Waals surface area contributed by atoms with E-state index in [1.54, 1.807) is 4.90 Å². The summed E-state index contributed by atoms with van der Waals surface area (Å²) in [4.78, 5) is 32.6. The smallest absolute Gasteiger partial charge is 0.328 e. The summed E-state index contributed by atoms with van der Waals surface area (Å²) >= 11 is 0. The Labute approximate surface area is 149 Å². The Morgan fingerprint density at radius 3 is 2.52 bits per heavy atom. The summed E-state index contributed by atoms with van der Waals surface area (Å²) in [5.41, 5.74) is 1.08. The van der Waals surface area contributed by atoms with Gasteiger partial charge in [-0.15, -0.1) is 0 Å². The molecule has 2 heterocycles. The minimum absolute atomic E-state index is 0.0175. The Morgan fingerprint density at radius 1 is 1.24 bits per heavy atom. The van der Waals surface area contributed by atoms with E-state index in [9.17, 15) is 9.59 Å². The van der Waals surface area contributed by atoms with Crippen molar-refractivity contribution in [2.75, 3.05) is 39.8 Å². The first kappa shape index (κ1) is 19.2. The number of nitrogens with one attached hydrogen (secondary N) is 1. The molecule has 0 bridgehead atoms. The molecule has 1 N–H and O–H groups in total. The molecular formula is C18H28N4O3. The number of urea groups is 1. The molecule has 2 amide bonds. The van der Waals surface area contributed by atoms with Gasteiger partial charge in [-0.3, -0.25) is 9.88 Å². The summed E-state index contributed by atoms with van der Waals surface area (Å²) in [6, 6.07) is 5.13. The number of pyridine rings is 1. The van der Waals surface area contributed by atoms with E-state index in [2.05, 4.69) is 15.2 Å². The fraction of sp³-hybridized carbons (Fsp3) is 0.611. The van der Waals surface area contributed by atoms with Gasteiger partial charge in [0.05, 0.1) is 7.11 Å². The molecule has 1 unspecified atom stereocenters. The van der Waals surface area contributed by atoms with Gasteiger partial charge in [0, 0.05) is 51.0 Å². The van der Waals surface area contributed by atoms with Crippen molar-refractivity contribution in [1.29, 1.82) is 0 Å². The van der Waals surface area contributed by atoms with Gasteiger partial charge >= 0.3 is 12.0 Å². The highest BCUT2D eigenvalue weighted by Gasteiger charge is 2.28. The Bertz CT molecular complexity index is 557. The van der Waals surface area contributed by atoms with Crippen molar-refractivity contribution in [2.24, 2.45) is 5.92 Å². The standard InChI is InChI=1S/C18H28N4O3/c1-14(2)16(17(23)25-3)20-18(24)22-12-10-21(11-13-22)9-7-15-6-4-5-8-19-15/h4-6,8,14,16H,7,9-13H2,1-3H3,(H,20,24). The molecule has 25 heavy (non-hydrogen) atoms. The lowest BCUT2D eigenvalue weighted by Crippen LogP contribution is -2.55. The van der Waals surface area contributed by atoms with Gasteiger partial charge in [0.25, 0.3) is 0 Å². The Kier molecular flexibility index (Phi) is 7.18. The first-order valence-electron chi connectivity index (χ1n) is 8.76. The number of carbonyl (C=O) groups is 2. The van der Waals surface area contributed by atoms with Crippen LogP contribution < -0.4 is 5.32 Å². The largest absolute Gasteiger partial charge is 0.467 e. The van der Waals surface area contributed by atoms with Crippen LogP contribution in [0.1, 0.15) is 19.5 Å². The van der Waals surface area contributed by atoms with Gasteiger partial charge in [-0.05, 0) is 18.1 Å². The average Bonchev–Trinajstić information content (AvgIpc) is 2.64. The van der Waals surface area contributed by atoms with Crippen LogP contribution in [0.15, 0.2) is 24.4 Å². The van der Waals surface area contributed by atoms with Crippen LogP contribution in [0.3, 0.4) is 0 Å². The van der Waals surface area contributed by atoms with Crippen molar-refractivity contribution < 1.29 is 14.3 Å². The van der Waals surface area contributed by atoms with Gasteiger partial charge < -0.3 is 15.0 Å². The zero-order valence-electron chi connectivity index (χ0n) is 15.3. The van der Waals surface area contributed by atoms with Gasteiger partial charge in [-0.2, -0.15) is 0 Å². The molecule has 7 heteroatoms. The lowest BCUT2D eigenvalue weighted by Gasteiger charge is -2.35. The van der Waals surface area contributed by atoms with E-state index >= 15 is 0 Å². The number of aromatic nitrogens is 1. The van der Waals surface area contributed by atoms with E-state index in [1.165, 1.54) is 7.11 Å². The van der Waals surface area contributed by atoms with E-state index in [1.807, 2.05) is 38.2 Å². The maximum atomic E-state index is 12.4. The van der Waals surface area contributed by atoms with Crippen LogP contribution in [-0.4, -0.2) is 72.7 Å². The molecule has 7 nitrogen and oxygen atoms in total. The second-order valence-electron chi connectivity index (χ2n) is 6.59. The summed E-state index contributed by atoms with van der Waals surface area (Å²) < 4.78 is 4.77. The van der Waals surface area contributed by atoms with E-state index in [4.69, 9.17) is 4.74 Å². The number of nitrogens with zero attached hydrogens (tertiary/aromatic N) is 3. The Hall–Kier alpha value is -2.15. The third-order valence-corrected chi connectivity index (χ3v) is 4.47. The first-order chi connectivity index (χ1) is 12.0. The molecule has 1 fully saturated rings. The van der Waals surface area contributed by atoms with Gasteiger partial charge in [0.15, 0.2) is 0 Å². The zero-order chi connectivity index (χ0) is 18.2. The number of rotatable bonds is 6. The molecule has 0 aliphatic carbocycles. The third kappa shape index (κ3) is 5.70. The van der Waals surface area contributed by atoms with Crippen molar-refractivity contribution in [1.82, 2.24) is 20.1 Å². The molecule has 0 saturated carbocycles. The summed E-state index contributed by atoms with van der Waals surface area (Å²) in [5, 5.41) is 2.79. The molecule has 0 aromatic carbocycles. The van der Waals surface area contributed by atoms with E-state index in [-0.39, 0.29) is 11.9 Å². The maximum absolute atomic E-state index is 12.4. The Morgan fingerprint density at radius 2 is 1.96 bits per heavy atom. The van der Waals surface area contributed by atoms with E-state index in [0.29, 0.717) is 13.1 Å². The van der Waals surface area contributed by atoms with Gasteiger partial charge in [0.2, 0.25) is 0 Å². The minimum atomic E-state index is -0.611. The molecule has 1 aliphatic heterocycles. The van der Waals surface area contributed by atoms with Crippen LogP contribution >= 0.6 is 0 Å². The summed E-state index contributed by atoms with van der Waals surface area (Å²) in [6.45, 7) is 7.66. The van der Waals surface area contributed by atoms with Gasteiger partial charge in [0.1, 0.15) is 6.04 Å². The molecule has 1 aliphatic rings. The van der Waals surface area contributed by atoms with E-state index < -0.39 is 12.0 Å². The maximum Gasteiger partial charge on any atom is 0.328 e. The van der Waals surface area contributed by atoms with Crippen molar-refractivity contribution in [3.05, 3.63) is 30.1 Å². The van der Waals surface area contributed by atoms with Crippen LogP contribution in [0.4, 0.5) is 4.79 Å². The fourth-order valence-electron chi connectivity index (χ4n) is 2.84. The molecule has 138 valence electrons. The van der Waals surface area contributed by atoms with Crippen molar-refractivity contribution >= 4 is 12.0 Å². The number of hydrogen-bond acceptors (Lipinski definition) is 5. The molecule has 1 aromatic rings. The van der Waals surface area contributed by atoms with Crippen molar-refractivity contribution in [3.8, 4) is 0 Å². The Balaban J connectivity index is 1.77. The third-order valence-electron chi connectivity index (χ3n) is 4.47. The highest BCUT2D eigenvalue weighted by Crippen LogP contribution is 2.08. The van der Waals surface area contributed by atoms with Crippen LogP contribution in [0.2, 0.25) is 0 Å². The van der Waals surface area contributed by atoms with Crippen molar-refractivity contribution in [2.45, 2.75) is 26.3 Å². The molecule has 0 spiro atoms.